The maximum atomic E-state index is 12.1. The number of nitrogens with two attached hydrogens (primary N) is 1. The van der Waals surface area contributed by atoms with Crippen LogP contribution in [0.4, 0.5) is 17.6 Å². The number of amides is 1. The molecule has 1 amide bonds. The van der Waals surface area contributed by atoms with Crippen molar-refractivity contribution < 1.29 is 4.79 Å². The van der Waals surface area contributed by atoms with Crippen molar-refractivity contribution in [2.45, 2.75) is 32.2 Å². The van der Waals surface area contributed by atoms with Gasteiger partial charge in [-0.25, -0.2) is 4.98 Å². The third-order valence-electron chi connectivity index (χ3n) is 5.96. The van der Waals surface area contributed by atoms with Gasteiger partial charge in [-0.1, -0.05) is 37.3 Å². The highest BCUT2D eigenvalue weighted by atomic mass is 16.1. The number of piperidine rings is 1. The third-order valence-corrected chi connectivity index (χ3v) is 5.96. The van der Waals surface area contributed by atoms with Crippen molar-refractivity contribution in [3.8, 4) is 0 Å². The van der Waals surface area contributed by atoms with Crippen LogP contribution in [0.25, 0.3) is 0 Å². The summed E-state index contributed by atoms with van der Waals surface area (Å²) in [6.45, 7) is 2.84. The molecule has 3 atom stereocenters. The van der Waals surface area contributed by atoms with Gasteiger partial charge in [0.05, 0.1) is 5.69 Å². The molecule has 8 heteroatoms. The number of nitrogens with one attached hydrogen (secondary N) is 2. The molecule has 1 saturated heterocycles. The number of aromatic nitrogens is 4. The molecule has 154 valence electrons. The van der Waals surface area contributed by atoms with E-state index in [1.54, 1.807) is 0 Å². The number of carbonyl (C=O) groups excluding carboxylic acids is 1. The molecule has 8 nitrogen and oxygen atoms in total. The number of aromatic amines is 1. The smallest absolute Gasteiger partial charge is 0.240 e. The molecular formula is C22H25N7O. The van der Waals surface area contributed by atoms with Gasteiger partial charge in [0, 0.05) is 30.8 Å². The molecule has 4 N–H and O–H groups in total. The molecular weight excluding hydrogens is 378 g/mol. The minimum Gasteiger partial charge on any atom is -0.368 e. The molecule has 3 aromatic rings. The number of aryl methyl sites for hydroxylation is 1. The van der Waals surface area contributed by atoms with Crippen molar-refractivity contribution >= 4 is 23.5 Å². The molecule has 0 bridgehead atoms. The molecule has 1 aliphatic carbocycles. The third kappa shape index (κ3) is 3.60. The van der Waals surface area contributed by atoms with Crippen molar-refractivity contribution in [1.29, 1.82) is 0 Å². The quantitative estimate of drug-likeness (QED) is 0.558. The molecule has 1 aliphatic heterocycles. The zero-order valence-electron chi connectivity index (χ0n) is 16.9. The zero-order valence-corrected chi connectivity index (χ0v) is 16.9. The SMILES string of the molecule is CCc1cc(Nc2cc(Cc3ccccc3)nc(N3C[C@H]4C[C@H]4[C@H]3C(N)=O)n2)n[nH]1. The molecule has 3 heterocycles. The maximum absolute atomic E-state index is 12.1. The highest BCUT2D eigenvalue weighted by Crippen LogP contribution is 2.50. The van der Waals surface area contributed by atoms with Crippen LogP contribution >= 0.6 is 0 Å². The van der Waals surface area contributed by atoms with E-state index in [0.717, 1.165) is 36.3 Å². The van der Waals surface area contributed by atoms with Gasteiger partial charge in [0.2, 0.25) is 11.9 Å². The summed E-state index contributed by atoms with van der Waals surface area (Å²) in [6.07, 6.45) is 2.61. The Hall–Kier alpha value is -3.42. The summed E-state index contributed by atoms with van der Waals surface area (Å²) < 4.78 is 0. The lowest BCUT2D eigenvalue weighted by Crippen LogP contribution is -2.44. The Labute approximate surface area is 174 Å². The number of H-pyrrole nitrogens is 1. The van der Waals surface area contributed by atoms with Gasteiger partial charge in [-0.3, -0.25) is 9.89 Å². The molecule has 5 rings (SSSR count). The van der Waals surface area contributed by atoms with E-state index < -0.39 is 0 Å². The van der Waals surface area contributed by atoms with Crippen LogP contribution in [0, 0.1) is 11.8 Å². The van der Waals surface area contributed by atoms with Gasteiger partial charge in [0.25, 0.3) is 0 Å². The first kappa shape index (κ1) is 18.6. The van der Waals surface area contributed by atoms with Gasteiger partial charge in [-0.2, -0.15) is 10.1 Å². The first-order valence-electron chi connectivity index (χ1n) is 10.4. The molecule has 30 heavy (non-hydrogen) atoms. The van der Waals surface area contributed by atoms with Crippen LogP contribution in [0.2, 0.25) is 0 Å². The van der Waals surface area contributed by atoms with Crippen LogP contribution in [0.1, 0.15) is 30.3 Å². The first-order chi connectivity index (χ1) is 14.6. The molecule has 1 aromatic carbocycles. The summed E-state index contributed by atoms with van der Waals surface area (Å²) in [6, 6.07) is 13.8. The monoisotopic (exact) mass is 403 g/mol. The summed E-state index contributed by atoms with van der Waals surface area (Å²) in [4.78, 5) is 23.6. The Kier molecular flexibility index (Phi) is 4.61. The van der Waals surface area contributed by atoms with Crippen LogP contribution in [-0.4, -0.2) is 38.7 Å². The van der Waals surface area contributed by atoms with E-state index in [0.29, 0.717) is 35.8 Å². The van der Waals surface area contributed by atoms with Crippen molar-refractivity contribution in [2.75, 3.05) is 16.8 Å². The summed E-state index contributed by atoms with van der Waals surface area (Å²) in [5, 5.41) is 10.6. The largest absolute Gasteiger partial charge is 0.368 e. The van der Waals surface area contributed by atoms with E-state index in [2.05, 4.69) is 34.6 Å². The van der Waals surface area contributed by atoms with E-state index in [9.17, 15) is 4.79 Å². The van der Waals surface area contributed by atoms with Gasteiger partial charge in [-0.15, -0.1) is 0 Å². The van der Waals surface area contributed by atoms with Gasteiger partial charge < -0.3 is 16.0 Å². The highest BCUT2D eigenvalue weighted by molar-refractivity contribution is 5.85. The predicted molar refractivity (Wildman–Crippen MR) is 114 cm³/mol. The first-order valence-corrected chi connectivity index (χ1v) is 10.4. The Bertz CT molecular complexity index is 1060. The number of anilines is 3. The fraction of sp³-hybridized carbons (Fsp3) is 0.364. The fourth-order valence-electron chi connectivity index (χ4n) is 4.35. The van der Waals surface area contributed by atoms with E-state index in [4.69, 9.17) is 15.7 Å². The standard InChI is InChI=1S/C22H25N7O/c1-2-15-10-19(28-27-15)25-18-11-16(8-13-6-4-3-5-7-13)24-22(26-18)29-12-14-9-17(14)20(29)21(23)30/h3-7,10-11,14,17,20H,2,8-9,12H2,1H3,(H2,23,30)(H2,24,25,26,27,28)/t14-,17-,20+/m1/s1. The summed E-state index contributed by atoms with van der Waals surface area (Å²) in [5.41, 5.74) is 8.81. The summed E-state index contributed by atoms with van der Waals surface area (Å²) in [7, 11) is 0. The summed E-state index contributed by atoms with van der Waals surface area (Å²) >= 11 is 0. The van der Waals surface area contributed by atoms with Crippen molar-refractivity contribution in [1.82, 2.24) is 20.2 Å². The van der Waals surface area contributed by atoms with Crippen LogP contribution in [0.15, 0.2) is 42.5 Å². The second kappa shape index (κ2) is 7.44. The number of hydrogen-bond acceptors (Lipinski definition) is 6. The minimum atomic E-state index is -0.327. The zero-order chi connectivity index (χ0) is 20.7. The van der Waals surface area contributed by atoms with E-state index in [1.807, 2.05) is 35.2 Å². The number of nitrogens with zero attached hydrogens (tertiary/aromatic N) is 4. The predicted octanol–water partition coefficient (Wildman–Crippen LogP) is 2.41. The number of carbonyl (C=O) groups is 1. The van der Waals surface area contributed by atoms with E-state index >= 15 is 0 Å². The second-order valence-corrected chi connectivity index (χ2v) is 8.12. The molecule has 0 unspecified atom stereocenters. The average molecular weight is 403 g/mol. The number of benzene rings is 1. The normalized spacial score (nSPS) is 22.0. The molecule has 2 aliphatic rings. The number of fused-ring (bicyclic) bond motifs is 1. The molecule has 0 spiro atoms. The van der Waals surface area contributed by atoms with Crippen molar-refractivity contribution in [2.24, 2.45) is 17.6 Å². The highest BCUT2D eigenvalue weighted by Gasteiger charge is 2.55. The topological polar surface area (TPSA) is 113 Å². The average Bonchev–Trinajstić information content (AvgIpc) is 3.17. The number of hydrogen-bond donors (Lipinski definition) is 3. The van der Waals surface area contributed by atoms with Gasteiger partial charge in [-0.05, 0) is 30.2 Å². The fourth-order valence-corrected chi connectivity index (χ4v) is 4.35. The second-order valence-electron chi connectivity index (χ2n) is 8.12. The van der Waals surface area contributed by atoms with Gasteiger partial charge in [0.15, 0.2) is 5.82 Å². The molecule has 1 saturated carbocycles. The lowest BCUT2D eigenvalue weighted by molar-refractivity contribution is -0.119. The molecule has 2 fully saturated rings. The van der Waals surface area contributed by atoms with Crippen molar-refractivity contribution in [3.05, 3.63) is 59.4 Å². The molecule has 2 aromatic heterocycles. The minimum absolute atomic E-state index is 0.300. The summed E-state index contributed by atoms with van der Waals surface area (Å²) in [5.74, 6) is 2.46. The lowest BCUT2D eigenvalue weighted by Gasteiger charge is -2.26. The van der Waals surface area contributed by atoms with E-state index in [1.165, 1.54) is 0 Å². The Morgan fingerprint density at radius 3 is 2.80 bits per heavy atom. The maximum Gasteiger partial charge on any atom is 0.240 e. The van der Waals surface area contributed by atoms with Crippen LogP contribution in [-0.2, 0) is 17.6 Å². The Morgan fingerprint density at radius 2 is 2.07 bits per heavy atom. The van der Waals surface area contributed by atoms with Crippen molar-refractivity contribution in [3.63, 3.8) is 0 Å². The number of rotatable bonds is 7. The number of primary amides is 1. The van der Waals surface area contributed by atoms with Gasteiger partial charge in [0.1, 0.15) is 11.9 Å². The van der Waals surface area contributed by atoms with E-state index in [-0.39, 0.29) is 11.9 Å². The van der Waals surface area contributed by atoms with Crippen LogP contribution in [0.5, 0.6) is 0 Å². The van der Waals surface area contributed by atoms with Gasteiger partial charge >= 0.3 is 0 Å². The van der Waals surface area contributed by atoms with Crippen LogP contribution in [0.3, 0.4) is 0 Å². The molecule has 0 radical (unpaired) electrons. The Morgan fingerprint density at radius 1 is 1.23 bits per heavy atom. The Balaban J connectivity index is 1.48. The lowest BCUT2D eigenvalue weighted by atomic mass is 10.1. The van der Waals surface area contributed by atoms with Crippen LogP contribution < -0.4 is 16.0 Å².